The zero-order valence-electron chi connectivity index (χ0n) is 18.7. The number of pyridine rings is 1. The van der Waals surface area contributed by atoms with E-state index in [2.05, 4.69) is 9.67 Å². The predicted molar refractivity (Wildman–Crippen MR) is 128 cm³/mol. The van der Waals surface area contributed by atoms with Crippen LogP contribution in [0.5, 0.6) is 0 Å². The van der Waals surface area contributed by atoms with E-state index in [0.717, 1.165) is 37.7 Å². The SMILES string of the molecule is O=C(c1ccc(Cl)cc1)N1c2nc(-c3cccnc3)nn2C2(CCCCC2)C2CCCCC21. The van der Waals surface area contributed by atoms with Crippen molar-refractivity contribution < 1.29 is 4.79 Å². The molecule has 2 saturated carbocycles. The molecular weight excluding hydrogens is 434 g/mol. The Balaban J connectivity index is 1.54. The van der Waals surface area contributed by atoms with Crippen LogP contribution in [-0.4, -0.2) is 31.7 Å². The van der Waals surface area contributed by atoms with Gasteiger partial charge >= 0.3 is 0 Å². The summed E-state index contributed by atoms with van der Waals surface area (Å²) in [4.78, 5) is 25.2. The quantitative estimate of drug-likeness (QED) is 0.478. The van der Waals surface area contributed by atoms with Gasteiger partial charge in [0.2, 0.25) is 5.95 Å². The molecule has 33 heavy (non-hydrogen) atoms. The van der Waals surface area contributed by atoms with Gasteiger partial charge in [0.1, 0.15) is 0 Å². The molecule has 2 aliphatic carbocycles. The van der Waals surface area contributed by atoms with Crippen molar-refractivity contribution in [2.24, 2.45) is 5.92 Å². The van der Waals surface area contributed by atoms with Gasteiger partial charge in [-0.3, -0.25) is 14.7 Å². The highest BCUT2D eigenvalue weighted by Crippen LogP contribution is 2.53. The lowest BCUT2D eigenvalue weighted by atomic mass is 9.64. The third-order valence-electron chi connectivity index (χ3n) is 7.93. The van der Waals surface area contributed by atoms with Crippen molar-refractivity contribution >= 4 is 23.5 Å². The van der Waals surface area contributed by atoms with Gasteiger partial charge in [-0.25, -0.2) is 4.68 Å². The Kier molecular flexibility index (Phi) is 5.21. The first kappa shape index (κ1) is 20.8. The second kappa shape index (κ2) is 8.24. The van der Waals surface area contributed by atoms with Gasteiger partial charge < -0.3 is 0 Å². The van der Waals surface area contributed by atoms with E-state index in [4.69, 9.17) is 21.7 Å². The number of hydrogen-bond donors (Lipinski definition) is 0. The number of amides is 1. The third kappa shape index (κ3) is 3.38. The molecule has 1 aliphatic heterocycles. The lowest BCUT2D eigenvalue weighted by Gasteiger charge is -2.55. The monoisotopic (exact) mass is 461 g/mol. The maximum atomic E-state index is 13.9. The lowest BCUT2D eigenvalue weighted by molar-refractivity contribution is 0.0314. The van der Waals surface area contributed by atoms with E-state index in [0.29, 0.717) is 28.3 Å². The number of benzene rings is 1. The van der Waals surface area contributed by atoms with Crippen molar-refractivity contribution in [2.45, 2.75) is 69.4 Å². The highest BCUT2D eigenvalue weighted by molar-refractivity contribution is 6.30. The number of hydrogen-bond acceptors (Lipinski definition) is 4. The molecule has 1 aromatic carbocycles. The second-order valence-corrected chi connectivity index (χ2v) is 10.1. The number of fused-ring (bicyclic) bond motifs is 4. The minimum atomic E-state index is -0.0527. The van der Waals surface area contributed by atoms with E-state index in [9.17, 15) is 4.79 Å². The fraction of sp³-hybridized carbons (Fsp3) is 0.462. The van der Waals surface area contributed by atoms with Gasteiger partial charge in [0, 0.05) is 40.5 Å². The van der Waals surface area contributed by atoms with Crippen molar-refractivity contribution in [1.29, 1.82) is 0 Å². The van der Waals surface area contributed by atoms with Gasteiger partial charge in [-0.2, -0.15) is 4.98 Å². The molecule has 2 atom stereocenters. The lowest BCUT2D eigenvalue weighted by Crippen LogP contribution is -2.61. The Bertz CT molecular complexity index is 1150. The zero-order valence-corrected chi connectivity index (χ0v) is 19.4. The van der Waals surface area contributed by atoms with E-state index in [-0.39, 0.29) is 17.5 Å². The molecule has 2 unspecified atom stereocenters. The minimum absolute atomic E-state index is 0.0133. The topological polar surface area (TPSA) is 63.9 Å². The number of carbonyl (C=O) groups excluding carboxylic acids is 1. The van der Waals surface area contributed by atoms with Crippen LogP contribution in [0.2, 0.25) is 5.02 Å². The maximum Gasteiger partial charge on any atom is 0.260 e. The van der Waals surface area contributed by atoms with Crippen LogP contribution in [0.15, 0.2) is 48.8 Å². The van der Waals surface area contributed by atoms with Crippen LogP contribution >= 0.6 is 11.6 Å². The molecule has 3 aliphatic rings. The largest absolute Gasteiger partial charge is 0.273 e. The number of anilines is 1. The highest BCUT2D eigenvalue weighted by atomic mass is 35.5. The average molecular weight is 462 g/mol. The zero-order chi connectivity index (χ0) is 22.4. The molecule has 7 heteroatoms. The molecule has 2 aromatic heterocycles. The number of halogens is 1. The van der Waals surface area contributed by atoms with E-state index in [1.165, 1.54) is 25.7 Å². The van der Waals surface area contributed by atoms with Gasteiger partial charge in [-0.15, -0.1) is 5.10 Å². The summed E-state index contributed by atoms with van der Waals surface area (Å²) in [5.41, 5.74) is 1.47. The summed E-state index contributed by atoms with van der Waals surface area (Å²) in [7, 11) is 0. The van der Waals surface area contributed by atoms with E-state index in [1.807, 2.05) is 29.2 Å². The van der Waals surface area contributed by atoms with Crippen molar-refractivity contribution in [1.82, 2.24) is 19.7 Å². The fourth-order valence-corrected chi connectivity index (χ4v) is 6.57. The molecule has 0 saturated heterocycles. The third-order valence-corrected chi connectivity index (χ3v) is 8.18. The van der Waals surface area contributed by atoms with Crippen LogP contribution in [0.25, 0.3) is 11.4 Å². The summed E-state index contributed by atoms with van der Waals surface area (Å²) < 4.78 is 2.15. The molecule has 6 nitrogen and oxygen atoms in total. The smallest absolute Gasteiger partial charge is 0.260 e. The summed E-state index contributed by atoms with van der Waals surface area (Å²) in [5, 5.41) is 5.71. The molecule has 3 aromatic rings. The second-order valence-electron chi connectivity index (χ2n) is 9.69. The molecule has 2 fully saturated rings. The summed E-state index contributed by atoms with van der Waals surface area (Å²) in [5.74, 6) is 1.73. The Morgan fingerprint density at radius 2 is 1.79 bits per heavy atom. The summed E-state index contributed by atoms with van der Waals surface area (Å²) >= 11 is 6.11. The molecule has 6 rings (SSSR count). The summed E-state index contributed by atoms with van der Waals surface area (Å²) in [6, 6.07) is 11.2. The van der Waals surface area contributed by atoms with Crippen molar-refractivity contribution in [3.8, 4) is 11.4 Å². The first-order chi connectivity index (χ1) is 16.2. The van der Waals surface area contributed by atoms with Crippen LogP contribution in [0.3, 0.4) is 0 Å². The molecule has 0 radical (unpaired) electrons. The molecule has 0 bridgehead atoms. The number of carbonyl (C=O) groups is 1. The van der Waals surface area contributed by atoms with E-state index in [1.54, 1.807) is 24.5 Å². The van der Waals surface area contributed by atoms with Crippen molar-refractivity contribution in [2.75, 3.05) is 4.90 Å². The molecule has 0 N–H and O–H groups in total. The van der Waals surface area contributed by atoms with Crippen molar-refractivity contribution in [3.63, 3.8) is 0 Å². The highest BCUT2D eigenvalue weighted by Gasteiger charge is 2.55. The Hall–Kier alpha value is -2.73. The van der Waals surface area contributed by atoms with E-state index >= 15 is 0 Å². The number of aromatic nitrogens is 4. The average Bonchev–Trinajstić information content (AvgIpc) is 3.32. The van der Waals surface area contributed by atoms with Crippen LogP contribution in [-0.2, 0) is 5.54 Å². The van der Waals surface area contributed by atoms with Gasteiger partial charge in [0.25, 0.3) is 5.91 Å². The van der Waals surface area contributed by atoms with Gasteiger partial charge in [0.15, 0.2) is 5.82 Å². The summed E-state index contributed by atoms with van der Waals surface area (Å²) in [6.07, 6.45) is 14.0. The van der Waals surface area contributed by atoms with Gasteiger partial charge in [-0.05, 0) is 62.1 Å². The molecule has 170 valence electrons. The predicted octanol–water partition coefficient (Wildman–Crippen LogP) is 5.87. The maximum absolute atomic E-state index is 13.9. The van der Waals surface area contributed by atoms with Crippen molar-refractivity contribution in [3.05, 3.63) is 59.4 Å². The van der Waals surface area contributed by atoms with Crippen LogP contribution in [0, 0.1) is 5.92 Å². The van der Waals surface area contributed by atoms with Crippen LogP contribution in [0.1, 0.15) is 68.1 Å². The molecule has 1 amide bonds. The molecule has 3 heterocycles. The Labute approximate surface area is 199 Å². The standard InChI is InChI=1S/C26H28ClN5O/c27-20-12-10-18(11-13-20)24(33)31-22-9-3-2-8-21(22)26(14-4-1-5-15-26)32-25(31)29-23(30-32)19-7-6-16-28-17-19/h6-7,10-13,16-17,21-22H,1-5,8-9,14-15H2. The number of rotatable bonds is 2. The molecule has 1 spiro atoms. The molecular formula is C26H28ClN5O. The first-order valence-corrected chi connectivity index (χ1v) is 12.5. The van der Waals surface area contributed by atoms with Gasteiger partial charge in [-0.1, -0.05) is 43.7 Å². The first-order valence-electron chi connectivity index (χ1n) is 12.1. The number of nitrogens with zero attached hydrogens (tertiary/aromatic N) is 5. The summed E-state index contributed by atoms with van der Waals surface area (Å²) in [6.45, 7) is 0. The van der Waals surface area contributed by atoms with E-state index < -0.39 is 0 Å². The minimum Gasteiger partial charge on any atom is -0.273 e. The fourth-order valence-electron chi connectivity index (χ4n) is 6.45. The normalized spacial score (nSPS) is 23.7. The van der Waals surface area contributed by atoms with Crippen LogP contribution in [0.4, 0.5) is 5.95 Å². The Morgan fingerprint density at radius 1 is 1.00 bits per heavy atom. The Morgan fingerprint density at radius 3 is 2.55 bits per heavy atom. The van der Waals surface area contributed by atoms with Gasteiger partial charge in [0.05, 0.1) is 5.54 Å². The van der Waals surface area contributed by atoms with Crippen LogP contribution < -0.4 is 4.90 Å².